The van der Waals surface area contributed by atoms with E-state index < -0.39 is 12.8 Å². The molecule has 2 N–H and O–H groups in total. The van der Waals surface area contributed by atoms with Gasteiger partial charge in [-0.1, -0.05) is 12.2 Å². The van der Waals surface area contributed by atoms with Crippen LogP contribution >= 0.6 is 0 Å². The number of fused-ring (bicyclic) bond motifs is 5. The molecule has 2 amide bonds. The molecule has 4 unspecified atom stereocenters. The lowest BCUT2D eigenvalue weighted by Gasteiger charge is -2.17. The van der Waals surface area contributed by atoms with E-state index in [1.54, 1.807) is 0 Å². The first-order chi connectivity index (χ1) is 14.3. The summed E-state index contributed by atoms with van der Waals surface area (Å²) in [5.41, 5.74) is 0. The van der Waals surface area contributed by atoms with E-state index in [1.165, 1.54) is 4.90 Å². The van der Waals surface area contributed by atoms with Crippen molar-refractivity contribution in [3.05, 3.63) is 12.2 Å². The number of hydrogen-bond acceptors (Lipinski definition) is 4. The predicted octanol–water partition coefficient (Wildman–Crippen LogP) is 1.71. The van der Waals surface area contributed by atoms with E-state index >= 15 is 0 Å². The fraction of sp³-hybridized carbons (Fsp3) is 0.750. The van der Waals surface area contributed by atoms with Crippen LogP contribution in [0.15, 0.2) is 17.1 Å². The number of alkyl halides is 3. The fourth-order valence-corrected chi connectivity index (χ4v) is 4.51. The predicted molar refractivity (Wildman–Crippen MR) is 105 cm³/mol. The molecule has 7 nitrogen and oxygen atoms in total. The number of carbonyl (C=O) groups is 2. The number of ether oxygens (including phenoxy) is 1. The maximum atomic E-state index is 12.6. The molecule has 0 aromatic heterocycles. The molecule has 0 radical (unpaired) electrons. The van der Waals surface area contributed by atoms with Crippen molar-refractivity contribution in [1.82, 2.24) is 15.5 Å². The number of allylic oxidation sites excluding steroid dienone is 2. The minimum absolute atomic E-state index is 0.00424. The molecule has 10 heteroatoms. The molecular weight excluding hydrogens is 401 g/mol. The Morgan fingerprint density at radius 3 is 2.43 bits per heavy atom. The summed E-state index contributed by atoms with van der Waals surface area (Å²) >= 11 is 0. The number of aliphatic imine (C=N–C) groups is 1. The Balaban J connectivity index is 1.36. The molecule has 2 bridgehead atoms. The second-order valence-electron chi connectivity index (χ2n) is 7.89. The van der Waals surface area contributed by atoms with Gasteiger partial charge in [-0.05, 0) is 38.0 Å². The second-order valence-corrected chi connectivity index (χ2v) is 7.89. The number of nitrogens with zero attached hydrogens (tertiary/aromatic N) is 2. The first kappa shape index (κ1) is 22.6. The molecule has 30 heavy (non-hydrogen) atoms. The maximum Gasteiger partial charge on any atom is 0.411 e. The number of carbonyl (C=O) groups excluding carboxylic acids is 2. The van der Waals surface area contributed by atoms with Crippen LogP contribution in [0.5, 0.6) is 0 Å². The average Bonchev–Trinajstić information content (AvgIpc) is 3.36. The Hall–Kier alpha value is -2.10. The zero-order valence-electron chi connectivity index (χ0n) is 17.1. The number of halogens is 3. The van der Waals surface area contributed by atoms with Crippen LogP contribution in [0.1, 0.15) is 26.2 Å². The van der Waals surface area contributed by atoms with Crippen LogP contribution in [-0.4, -0.2) is 68.2 Å². The Bertz CT molecular complexity index is 665. The van der Waals surface area contributed by atoms with Crippen LogP contribution in [0.4, 0.5) is 13.2 Å². The van der Waals surface area contributed by atoms with Gasteiger partial charge in [0.1, 0.15) is 6.61 Å². The monoisotopic (exact) mass is 430 g/mol. The highest BCUT2D eigenvalue weighted by Crippen LogP contribution is 2.52. The molecule has 1 saturated heterocycles. The Morgan fingerprint density at radius 2 is 1.83 bits per heavy atom. The summed E-state index contributed by atoms with van der Waals surface area (Å²) in [5, 5.41) is 6.10. The topological polar surface area (TPSA) is 83.0 Å². The second kappa shape index (κ2) is 9.80. The molecule has 2 aliphatic carbocycles. The quantitative estimate of drug-likeness (QED) is 0.181. The number of likely N-dealkylation sites (tertiary alicyclic amines) is 1. The zero-order valence-corrected chi connectivity index (χ0v) is 17.1. The van der Waals surface area contributed by atoms with Crippen molar-refractivity contribution in [1.29, 1.82) is 0 Å². The fourth-order valence-electron chi connectivity index (χ4n) is 4.51. The van der Waals surface area contributed by atoms with Gasteiger partial charge in [0.05, 0.1) is 11.8 Å². The van der Waals surface area contributed by atoms with Crippen LogP contribution in [0.3, 0.4) is 0 Å². The van der Waals surface area contributed by atoms with E-state index in [2.05, 4.69) is 32.5 Å². The van der Waals surface area contributed by atoms with Crippen LogP contribution in [0.2, 0.25) is 0 Å². The van der Waals surface area contributed by atoms with Crippen molar-refractivity contribution in [3.63, 3.8) is 0 Å². The van der Waals surface area contributed by atoms with Gasteiger partial charge in [0.15, 0.2) is 5.96 Å². The van der Waals surface area contributed by atoms with Crippen LogP contribution in [0.25, 0.3) is 0 Å². The van der Waals surface area contributed by atoms with Crippen LogP contribution < -0.4 is 10.6 Å². The Morgan fingerprint density at radius 1 is 1.17 bits per heavy atom. The first-order valence-electron chi connectivity index (χ1n) is 10.5. The minimum Gasteiger partial charge on any atom is -0.372 e. The molecule has 1 aliphatic heterocycles. The SMILES string of the molecule is CCNC(=NCCCN1C(=O)C2C3C=CC(C3)C2C1=O)NCCCOCC(F)(F)F. The van der Waals surface area contributed by atoms with E-state index in [1.807, 2.05) is 6.92 Å². The molecule has 3 aliphatic rings. The number of imide groups is 1. The van der Waals surface area contributed by atoms with Gasteiger partial charge in [0, 0.05) is 32.8 Å². The Labute approximate surface area is 174 Å². The molecule has 0 aromatic rings. The number of amides is 2. The molecule has 168 valence electrons. The van der Waals surface area contributed by atoms with Gasteiger partial charge < -0.3 is 15.4 Å². The highest BCUT2D eigenvalue weighted by molar-refractivity contribution is 6.06. The summed E-state index contributed by atoms with van der Waals surface area (Å²) in [7, 11) is 0. The Kier molecular flexibility index (Phi) is 7.38. The summed E-state index contributed by atoms with van der Waals surface area (Å²) < 4.78 is 40.6. The summed E-state index contributed by atoms with van der Waals surface area (Å²) in [5.74, 6) is 0.535. The molecule has 0 aromatic carbocycles. The van der Waals surface area contributed by atoms with Gasteiger partial charge in [-0.2, -0.15) is 13.2 Å². The normalized spacial score (nSPS) is 27.9. The van der Waals surface area contributed by atoms with Crippen molar-refractivity contribution in [3.8, 4) is 0 Å². The third kappa shape index (κ3) is 5.33. The van der Waals surface area contributed by atoms with Gasteiger partial charge in [0.25, 0.3) is 0 Å². The number of guanidine groups is 1. The average molecular weight is 430 g/mol. The third-order valence-electron chi connectivity index (χ3n) is 5.74. The van der Waals surface area contributed by atoms with Crippen LogP contribution in [-0.2, 0) is 14.3 Å². The molecule has 4 atom stereocenters. The van der Waals surface area contributed by atoms with Gasteiger partial charge in [-0.3, -0.25) is 19.5 Å². The highest BCUT2D eigenvalue weighted by Gasteiger charge is 2.58. The van der Waals surface area contributed by atoms with Gasteiger partial charge in [0.2, 0.25) is 11.8 Å². The molecule has 1 saturated carbocycles. The van der Waals surface area contributed by atoms with Gasteiger partial charge in [-0.15, -0.1) is 0 Å². The van der Waals surface area contributed by atoms with Crippen molar-refractivity contribution < 1.29 is 27.5 Å². The highest BCUT2D eigenvalue weighted by atomic mass is 19.4. The molecular formula is C20H29F3N4O3. The lowest BCUT2D eigenvalue weighted by molar-refractivity contribution is -0.173. The summed E-state index contributed by atoms with van der Waals surface area (Å²) in [6.07, 6.45) is 1.74. The molecule has 2 fully saturated rings. The van der Waals surface area contributed by atoms with E-state index in [-0.39, 0.29) is 42.1 Å². The van der Waals surface area contributed by atoms with Crippen molar-refractivity contribution in [2.24, 2.45) is 28.7 Å². The standard InChI is InChI=1S/C20H29F3N4O3/c1-2-24-19(26-8-4-10-30-12-20(21,22)23)25-7-3-9-27-17(28)15-13-5-6-14(11-13)16(15)18(27)29/h5-6,13-16H,2-4,7-12H2,1H3,(H2,24,25,26). The molecule has 0 spiro atoms. The minimum atomic E-state index is -4.31. The van der Waals surface area contributed by atoms with Crippen molar-refractivity contribution >= 4 is 17.8 Å². The molecule has 3 rings (SSSR count). The van der Waals surface area contributed by atoms with E-state index in [4.69, 9.17) is 0 Å². The van der Waals surface area contributed by atoms with Gasteiger partial charge >= 0.3 is 6.18 Å². The van der Waals surface area contributed by atoms with Crippen molar-refractivity contribution in [2.75, 3.05) is 39.4 Å². The summed E-state index contributed by atoms with van der Waals surface area (Å²) in [6, 6.07) is 0. The van der Waals surface area contributed by atoms with E-state index in [0.717, 1.165) is 6.42 Å². The van der Waals surface area contributed by atoms with E-state index in [0.29, 0.717) is 45.0 Å². The van der Waals surface area contributed by atoms with Crippen LogP contribution in [0, 0.1) is 23.7 Å². The van der Waals surface area contributed by atoms with Gasteiger partial charge in [-0.25, -0.2) is 0 Å². The number of rotatable bonds is 10. The van der Waals surface area contributed by atoms with E-state index in [9.17, 15) is 22.8 Å². The maximum absolute atomic E-state index is 12.6. The van der Waals surface area contributed by atoms with Crippen molar-refractivity contribution in [2.45, 2.75) is 32.4 Å². The lowest BCUT2D eigenvalue weighted by Crippen LogP contribution is -2.38. The molecule has 1 heterocycles. The summed E-state index contributed by atoms with van der Waals surface area (Å²) in [4.78, 5) is 31.1. The number of nitrogens with one attached hydrogen (secondary N) is 2. The number of hydrogen-bond donors (Lipinski definition) is 2. The largest absolute Gasteiger partial charge is 0.411 e. The third-order valence-corrected chi connectivity index (χ3v) is 5.74. The zero-order chi connectivity index (χ0) is 21.7. The smallest absolute Gasteiger partial charge is 0.372 e. The first-order valence-corrected chi connectivity index (χ1v) is 10.5. The lowest BCUT2D eigenvalue weighted by atomic mass is 9.85. The summed E-state index contributed by atoms with van der Waals surface area (Å²) in [6.45, 7) is 2.52.